The van der Waals surface area contributed by atoms with Gasteiger partial charge in [0.15, 0.2) is 0 Å². The van der Waals surface area contributed by atoms with Crippen LogP contribution in [0, 0.1) is 0 Å². The van der Waals surface area contributed by atoms with Crippen LogP contribution in [0.5, 0.6) is 0 Å². The molecular formula is C13H17NO2. The van der Waals surface area contributed by atoms with Gasteiger partial charge >= 0.3 is 0 Å². The third-order valence-corrected chi connectivity index (χ3v) is 3.15. The van der Waals surface area contributed by atoms with Gasteiger partial charge in [0.1, 0.15) is 6.29 Å². The predicted molar refractivity (Wildman–Crippen MR) is 62.6 cm³/mol. The lowest BCUT2D eigenvalue weighted by Gasteiger charge is -2.33. The molecule has 86 valence electrons. The number of benzene rings is 1. The van der Waals surface area contributed by atoms with Gasteiger partial charge in [-0.25, -0.2) is 0 Å². The zero-order valence-electron chi connectivity index (χ0n) is 9.28. The van der Waals surface area contributed by atoms with Crippen molar-refractivity contribution in [2.24, 2.45) is 0 Å². The van der Waals surface area contributed by atoms with Crippen LogP contribution in [0.1, 0.15) is 28.8 Å². The Kier molecular flexibility index (Phi) is 3.36. The molecule has 0 bridgehead atoms. The lowest BCUT2D eigenvalue weighted by atomic mass is 9.86. The summed E-state index contributed by atoms with van der Waals surface area (Å²) in [6, 6.07) is 7.45. The van der Waals surface area contributed by atoms with Crippen LogP contribution < -0.4 is 5.32 Å². The van der Waals surface area contributed by atoms with Crippen LogP contribution in [-0.2, 0) is 6.42 Å². The average Bonchev–Trinajstić information content (AvgIpc) is 2.30. The van der Waals surface area contributed by atoms with Crippen molar-refractivity contribution in [1.82, 2.24) is 5.32 Å². The molecule has 0 saturated carbocycles. The summed E-state index contributed by atoms with van der Waals surface area (Å²) in [7, 11) is 0. The van der Waals surface area contributed by atoms with Gasteiger partial charge in [-0.3, -0.25) is 4.79 Å². The Morgan fingerprint density at radius 3 is 2.94 bits per heavy atom. The highest BCUT2D eigenvalue weighted by atomic mass is 16.3. The number of rotatable bonds is 3. The first-order chi connectivity index (χ1) is 7.73. The smallest absolute Gasteiger partial charge is 0.150 e. The normalized spacial score (nSPS) is 25.3. The zero-order valence-corrected chi connectivity index (χ0v) is 9.28. The molecule has 2 N–H and O–H groups in total. The van der Waals surface area contributed by atoms with E-state index in [1.807, 2.05) is 18.2 Å². The molecule has 1 heterocycles. The average molecular weight is 219 g/mol. The molecule has 0 aromatic heterocycles. The molecule has 2 rings (SSSR count). The highest BCUT2D eigenvalue weighted by Crippen LogP contribution is 2.22. The Hall–Kier alpha value is -1.19. The van der Waals surface area contributed by atoms with E-state index in [0.29, 0.717) is 18.5 Å². The highest BCUT2D eigenvalue weighted by molar-refractivity contribution is 5.77. The second-order valence-electron chi connectivity index (χ2n) is 4.50. The van der Waals surface area contributed by atoms with E-state index in [2.05, 4.69) is 5.32 Å². The third kappa shape index (κ3) is 2.49. The van der Waals surface area contributed by atoms with Gasteiger partial charge in [-0.2, -0.15) is 0 Å². The van der Waals surface area contributed by atoms with E-state index >= 15 is 0 Å². The molecule has 1 unspecified atom stereocenters. The highest BCUT2D eigenvalue weighted by Gasteiger charge is 2.29. The van der Waals surface area contributed by atoms with Gasteiger partial charge in [0.05, 0.1) is 5.60 Å². The summed E-state index contributed by atoms with van der Waals surface area (Å²) in [5.74, 6) is 0. The van der Waals surface area contributed by atoms with Crippen LogP contribution in [0.2, 0.25) is 0 Å². The molecule has 3 nitrogen and oxygen atoms in total. The van der Waals surface area contributed by atoms with E-state index in [1.54, 1.807) is 6.07 Å². The topological polar surface area (TPSA) is 49.3 Å². The molecule has 16 heavy (non-hydrogen) atoms. The van der Waals surface area contributed by atoms with Gasteiger partial charge in [0.25, 0.3) is 0 Å². The molecule has 0 radical (unpaired) electrons. The standard InChI is InChI=1S/C13H17NO2/c15-9-12-5-2-1-4-11(12)8-13(16)6-3-7-14-10-13/h1-2,4-5,9,14,16H,3,6-8,10H2. The Bertz CT molecular complexity index is 370. The van der Waals surface area contributed by atoms with Gasteiger partial charge in [-0.15, -0.1) is 0 Å². The Morgan fingerprint density at radius 2 is 2.25 bits per heavy atom. The minimum Gasteiger partial charge on any atom is -0.388 e. The number of piperidine rings is 1. The molecule has 1 atom stereocenters. The summed E-state index contributed by atoms with van der Waals surface area (Å²) in [6.07, 6.45) is 3.19. The Morgan fingerprint density at radius 1 is 1.44 bits per heavy atom. The van der Waals surface area contributed by atoms with Gasteiger partial charge in [-0.05, 0) is 24.9 Å². The van der Waals surface area contributed by atoms with Crippen molar-refractivity contribution in [2.75, 3.05) is 13.1 Å². The minimum atomic E-state index is -0.697. The number of hydrogen-bond acceptors (Lipinski definition) is 3. The molecule has 1 fully saturated rings. The molecule has 1 aliphatic rings. The molecule has 1 aromatic carbocycles. The predicted octanol–water partition coefficient (Wildman–Crippen LogP) is 1.16. The van der Waals surface area contributed by atoms with Crippen molar-refractivity contribution in [3.8, 4) is 0 Å². The largest absolute Gasteiger partial charge is 0.388 e. The lowest BCUT2D eigenvalue weighted by Crippen LogP contribution is -2.47. The first-order valence-electron chi connectivity index (χ1n) is 5.70. The second-order valence-corrected chi connectivity index (χ2v) is 4.50. The Balaban J connectivity index is 2.15. The second kappa shape index (κ2) is 4.76. The maximum absolute atomic E-state index is 10.9. The fourth-order valence-corrected chi connectivity index (χ4v) is 2.27. The molecule has 1 aliphatic heterocycles. The number of β-amino-alcohol motifs (C(OH)–C–C–N with tert-alkyl or cyclic N) is 1. The summed E-state index contributed by atoms with van der Waals surface area (Å²) in [5, 5.41) is 13.6. The maximum atomic E-state index is 10.9. The fourth-order valence-electron chi connectivity index (χ4n) is 2.27. The summed E-state index contributed by atoms with van der Waals surface area (Å²) in [4.78, 5) is 10.9. The summed E-state index contributed by atoms with van der Waals surface area (Å²) in [6.45, 7) is 1.58. The van der Waals surface area contributed by atoms with Gasteiger partial charge in [-0.1, -0.05) is 24.3 Å². The summed E-state index contributed by atoms with van der Waals surface area (Å²) in [5.41, 5.74) is 0.919. The molecule has 1 aromatic rings. The summed E-state index contributed by atoms with van der Waals surface area (Å²) >= 11 is 0. The van der Waals surface area contributed by atoms with E-state index < -0.39 is 5.60 Å². The number of hydrogen-bond donors (Lipinski definition) is 2. The van der Waals surface area contributed by atoms with Crippen molar-refractivity contribution in [3.05, 3.63) is 35.4 Å². The van der Waals surface area contributed by atoms with Gasteiger partial charge < -0.3 is 10.4 Å². The number of aldehydes is 1. The molecule has 1 saturated heterocycles. The Labute approximate surface area is 95.5 Å². The number of aliphatic hydroxyl groups is 1. The molecule has 0 amide bonds. The molecular weight excluding hydrogens is 202 g/mol. The van der Waals surface area contributed by atoms with Crippen LogP contribution in [0.4, 0.5) is 0 Å². The van der Waals surface area contributed by atoms with E-state index in [1.165, 1.54) is 0 Å². The van der Waals surface area contributed by atoms with Crippen molar-refractivity contribution in [2.45, 2.75) is 24.9 Å². The van der Waals surface area contributed by atoms with E-state index in [9.17, 15) is 9.90 Å². The quantitative estimate of drug-likeness (QED) is 0.750. The SMILES string of the molecule is O=Cc1ccccc1CC1(O)CCCNC1. The van der Waals surface area contributed by atoms with Gasteiger partial charge in [0.2, 0.25) is 0 Å². The number of carbonyl (C=O) groups excluding carboxylic acids is 1. The minimum absolute atomic E-state index is 0.551. The molecule has 3 heteroatoms. The van der Waals surface area contributed by atoms with Crippen molar-refractivity contribution in [3.63, 3.8) is 0 Å². The zero-order chi connectivity index (χ0) is 11.4. The van der Waals surface area contributed by atoms with E-state index in [0.717, 1.165) is 31.2 Å². The van der Waals surface area contributed by atoms with Gasteiger partial charge in [0, 0.05) is 18.5 Å². The van der Waals surface area contributed by atoms with Crippen molar-refractivity contribution >= 4 is 6.29 Å². The van der Waals surface area contributed by atoms with E-state index in [-0.39, 0.29) is 0 Å². The molecule has 0 aliphatic carbocycles. The monoisotopic (exact) mass is 219 g/mol. The summed E-state index contributed by atoms with van der Waals surface area (Å²) < 4.78 is 0. The van der Waals surface area contributed by atoms with Crippen LogP contribution in [0.15, 0.2) is 24.3 Å². The number of nitrogens with one attached hydrogen (secondary N) is 1. The van der Waals surface area contributed by atoms with Crippen LogP contribution in [-0.4, -0.2) is 30.1 Å². The number of carbonyl (C=O) groups is 1. The van der Waals surface area contributed by atoms with Crippen LogP contribution >= 0.6 is 0 Å². The van der Waals surface area contributed by atoms with Crippen molar-refractivity contribution < 1.29 is 9.90 Å². The van der Waals surface area contributed by atoms with E-state index in [4.69, 9.17) is 0 Å². The first-order valence-corrected chi connectivity index (χ1v) is 5.70. The van der Waals surface area contributed by atoms with Crippen LogP contribution in [0.25, 0.3) is 0 Å². The maximum Gasteiger partial charge on any atom is 0.150 e. The fraction of sp³-hybridized carbons (Fsp3) is 0.462. The lowest BCUT2D eigenvalue weighted by molar-refractivity contribution is 0.0168. The van der Waals surface area contributed by atoms with Crippen LogP contribution in [0.3, 0.4) is 0 Å². The first kappa shape index (κ1) is 11.3. The van der Waals surface area contributed by atoms with Crippen molar-refractivity contribution in [1.29, 1.82) is 0 Å². The third-order valence-electron chi connectivity index (χ3n) is 3.15. The molecule has 0 spiro atoms.